The van der Waals surface area contributed by atoms with Gasteiger partial charge in [0.25, 0.3) is 0 Å². The molecule has 2 atom stereocenters. The van der Waals surface area contributed by atoms with Gasteiger partial charge in [-0.25, -0.2) is 0 Å². The Morgan fingerprint density at radius 3 is 2.33 bits per heavy atom. The number of carbonyl (C=O) groups excluding carboxylic acids is 2. The zero-order valence-electron chi connectivity index (χ0n) is 12.4. The van der Waals surface area contributed by atoms with Gasteiger partial charge in [0.1, 0.15) is 0 Å². The number of nitrogens with one attached hydrogen (secondary N) is 2. The molecular formula is C16H23N3O2. The van der Waals surface area contributed by atoms with Crippen LogP contribution in [0.5, 0.6) is 0 Å². The summed E-state index contributed by atoms with van der Waals surface area (Å²) in [6.45, 7) is 2.37. The first kappa shape index (κ1) is 15.5. The number of amides is 2. The molecule has 0 unspecified atom stereocenters. The van der Waals surface area contributed by atoms with Gasteiger partial charge in [-0.05, 0) is 49.6 Å². The molecule has 5 nitrogen and oxygen atoms in total. The summed E-state index contributed by atoms with van der Waals surface area (Å²) in [6, 6.07) is 7.18. The smallest absolute Gasteiger partial charge is 0.227 e. The van der Waals surface area contributed by atoms with Crippen molar-refractivity contribution < 1.29 is 9.59 Å². The van der Waals surface area contributed by atoms with Crippen molar-refractivity contribution in [3.05, 3.63) is 24.3 Å². The number of nitrogens with two attached hydrogens (primary N) is 1. The maximum Gasteiger partial charge on any atom is 0.227 e. The first-order valence-electron chi connectivity index (χ1n) is 7.55. The monoisotopic (exact) mass is 289 g/mol. The van der Waals surface area contributed by atoms with E-state index in [4.69, 9.17) is 5.73 Å². The lowest BCUT2D eigenvalue weighted by Crippen LogP contribution is -2.29. The Kier molecular flexibility index (Phi) is 5.33. The van der Waals surface area contributed by atoms with Crippen molar-refractivity contribution in [2.75, 3.05) is 17.2 Å². The quantitative estimate of drug-likeness (QED) is 0.778. The summed E-state index contributed by atoms with van der Waals surface area (Å²) in [5.41, 5.74) is 7.20. The van der Waals surface area contributed by atoms with Crippen molar-refractivity contribution in [1.29, 1.82) is 0 Å². The highest BCUT2D eigenvalue weighted by molar-refractivity contribution is 5.94. The molecule has 0 radical (unpaired) electrons. The third-order valence-corrected chi connectivity index (χ3v) is 4.06. The predicted octanol–water partition coefficient (Wildman–Crippen LogP) is 2.35. The maximum absolute atomic E-state index is 12.3. The third-order valence-electron chi connectivity index (χ3n) is 4.06. The SMILES string of the molecule is CCC(=O)Nc1ccc(NC(=O)[C@@H]2CCC[C@@H]2CN)cc1. The molecule has 1 aliphatic rings. The minimum absolute atomic E-state index is 0.0227. The van der Waals surface area contributed by atoms with E-state index < -0.39 is 0 Å². The van der Waals surface area contributed by atoms with E-state index in [0.29, 0.717) is 18.9 Å². The summed E-state index contributed by atoms with van der Waals surface area (Å²) < 4.78 is 0. The number of hydrogen-bond donors (Lipinski definition) is 3. The van der Waals surface area contributed by atoms with E-state index in [2.05, 4.69) is 10.6 Å². The van der Waals surface area contributed by atoms with Crippen molar-refractivity contribution in [1.82, 2.24) is 0 Å². The fraction of sp³-hybridized carbons (Fsp3) is 0.500. The van der Waals surface area contributed by atoms with Gasteiger partial charge in [0.2, 0.25) is 11.8 Å². The first-order chi connectivity index (χ1) is 10.1. The Morgan fingerprint density at radius 2 is 1.76 bits per heavy atom. The molecule has 0 aromatic heterocycles. The van der Waals surface area contributed by atoms with E-state index >= 15 is 0 Å². The summed E-state index contributed by atoms with van der Waals surface area (Å²) in [6.07, 6.45) is 3.47. The summed E-state index contributed by atoms with van der Waals surface area (Å²) >= 11 is 0. The largest absolute Gasteiger partial charge is 0.330 e. The molecule has 2 rings (SSSR count). The zero-order valence-corrected chi connectivity index (χ0v) is 12.4. The molecule has 1 saturated carbocycles. The molecule has 0 spiro atoms. The zero-order chi connectivity index (χ0) is 15.2. The Bertz CT molecular complexity index is 499. The average molecular weight is 289 g/mol. The summed E-state index contributed by atoms with van der Waals surface area (Å²) in [7, 11) is 0. The van der Waals surface area contributed by atoms with Gasteiger partial charge < -0.3 is 16.4 Å². The molecule has 21 heavy (non-hydrogen) atoms. The van der Waals surface area contributed by atoms with Crippen LogP contribution in [0.25, 0.3) is 0 Å². The van der Waals surface area contributed by atoms with Crippen LogP contribution in [-0.4, -0.2) is 18.4 Å². The van der Waals surface area contributed by atoms with Crippen molar-refractivity contribution in [3.8, 4) is 0 Å². The molecule has 1 aromatic carbocycles. The van der Waals surface area contributed by atoms with Crippen LogP contribution in [0.3, 0.4) is 0 Å². The van der Waals surface area contributed by atoms with Crippen molar-refractivity contribution in [2.45, 2.75) is 32.6 Å². The Morgan fingerprint density at radius 1 is 1.14 bits per heavy atom. The molecule has 1 fully saturated rings. The highest BCUT2D eigenvalue weighted by atomic mass is 16.2. The van der Waals surface area contributed by atoms with Crippen molar-refractivity contribution in [2.24, 2.45) is 17.6 Å². The topological polar surface area (TPSA) is 84.2 Å². The molecule has 114 valence electrons. The molecule has 2 amide bonds. The standard InChI is InChI=1S/C16H23N3O2/c1-2-15(20)18-12-6-8-13(9-7-12)19-16(21)14-5-3-4-11(14)10-17/h6-9,11,14H,2-5,10,17H2,1H3,(H,18,20)(H,19,21)/t11-,14-/m1/s1. The molecule has 0 heterocycles. The predicted molar refractivity (Wildman–Crippen MR) is 83.9 cm³/mol. The van der Waals surface area contributed by atoms with Crippen LogP contribution in [-0.2, 0) is 9.59 Å². The molecular weight excluding hydrogens is 266 g/mol. The number of carbonyl (C=O) groups is 2. The van der Waals surface area contributed by atoms with Gasteiger partial charge in [-0.15, -0.1) is 0 Å². The van der Waals surface area contributed by atoms with Crippen molar-refractivity contribution in [3.63, 3.8) is 0 Å². The van der Waals surface area contributed by atoms with Crippen LogP contribution in [0.1, 0.15) is 32.6 Å². The molecule has 4 N–H and O–H groups in total. The third kappa shape index (κ3) is 4.04. The first-order valence-corrected chi connectivity index (χ1v) is 7.55. The van der Waals surface area contributed by atoms with E-state index in [9.17, 15) is 9.59 Å². The molecule has 0 aliphatic heterocycles. The molecule has 5 heteroatoms. The average Bonchev–Trinajstić information content (AvgIpc) is 2.97. The van der Waals surface area contributed by atoms with E-state index in [-0.39, 0.29) is 17.7 Å². The second kappa shape index (κ2) is 7.22. The van der Waals surface area contributed by atoms with Crippen LogP contribution in [0, 0.1) is 11.8 Å². The van der Waals surface area contributed by atoms with Crippen LogP contribution < -0.4 is 16.4 Å². The number of hydrogen-bond acceptors (Lipinski definition) is 3. The minimum atomic E-state index is -0.0245. The molecule has 0 saturated heterocycles. The van der Waals surface area contributed by atoms with Crippen LogP contribution >= 0.6 is 0 Å². The Balaban J connectivity index is 1.93. The Labute approximate surface area is 125 Å². The van der Waals surface area contributed by atoms with E-state index in [1.54, 1.807) is 31.2 Å². The van der Waals surface area contributed by atoms with Crippen LogP contribution in [0.4, 0.5) is 11.4 Å². The highest BCUT2D eigenvalue weighted by Gasteiger charge is 2.31. The fourth-order valence-electron chi connectivity index (χ4n) is 2.79. The van der Waals surface area contributed by atoms with Crippen molar-refractivity contribution >= 4 is 23.2 Å². The van der Waals surface area contributed by atoms with E-state index in [0.717, 1.165) is 30.6 Å². The number of anilines is 2. The van der Waals surface area contributed by atoms with Gasteiger partial charge in [0.05, 0.1) is 0 Å². The van der Waals surface area contributed by atoms with Crippen LogP contribution in [0.15, 0.2) is 24.3 Å². The Hall–Kier alpha value is -1.88. The molecule has 0 bridgehead atoms. The molecule has 1 aliphatic carbocycles. The minimum Gasteiger partial charge on any atom is -0.330 e. The van der Waals surface area contributed by atoms with Crippen LogP contribution in [0.2, 0.25) is 0 Å². The van der Waals surface area contributed by atoms with Gasteiger partial charge in [-0.3, -0.25) is 9.59 Å². The second-order valence-corrected chi connectivity index (χ2v) is 5.50. The van der Waals surface area contributed by atoms with Gasteiger partial charge >= 0.3 is 0 Å². The lowest BCUT2D eigenvalue weighted by Gasteiger charge is -2.17. The number of benzene rings is 1. The molecule has 1 aromatic rings. The van der Waals surface area contributed by atoms with Gasteiger partial charge in [-0.1, -0.05) is 13.3 Å². The number of rotatable bonds is 5. The summed E-state index contributed by atoms with van der Waals surface area (Å²) in [5.74, 6) is 0.347. The van der Waals surface area contributed by atoms with Gasteiger partial charge in [0.15, 0.2) is 0 Å². The van der Waals surface area contributed by atoms with E-state index in [1.165, 1.54) is 0 Å². The van der Waals surface area contributed by atoms with Gasteiger partial charge in [-0.2, -0.15) is 0 Å². The fourth-order valence-corrected chi connectivity index (χ4v) is 2.79. The lowest BCUT2D eigenvalue weighted by atomic mass is 9.95. The lowest BCUT2D eigenvalue weighted by molar-refractivity contribution is -0.120. The normalized spacial score (nSPS) is 21.0. The highest BCUT2D eigenvalue weighted by Crippen LogP contribution is 2.31. The summed E-state index contributed by atoms with van der Waals surface area (Å²) in [4.78, 5) is 23.6. The maximum atomic E-state index is 12.3. The van der Waals surface area contributed by atoms with E-state index in [1.807, 2.05) is 0 Å². The second-order valence-electron chi connectivity index (χ2n) is 5.50. The van der Waals surface area contributed by atoms with Gasteiger partial charge in [0, 0.05) is 23.7 Å². The summed E-state index contributed by atoms with van der Waals surface area (Å²) in [5, 5.41) is 5.71.